The number of hydrogen-bond donors (Lipinski definition) is 0. The van der Waals surface area contributed by atoms with Crippen LogP contribution in [0, 0.1) is 0 Å². The Morgan fingerprint density at radius 1 is 1.28 bits per heavy atom. The third-order valence-corrected chi connectivity index (χ3v) is 4.33. The molecule has 0 aromatic carbocycles. The molecule has 0 aliphatic carbocycles. The first-order chi connectivity index (χ1) is 12.2. The van der Waals surface area contributed by atoms with Gasteiger partial charge in [0.1, 0.15) is 11.4 Å². The predicted molar refractivity (Wildman–Crippen MR) is 95.5 cm³/mol. The van der Waals surface area contributed by atoms with Crippen molar-refractivity contribution in [2.75, 3.05) is 37.7 Å². The van der Waals surface area contributed by atoms with Crippen LogP contribution in [0.1, 0.15) is 29.3 Å². The smallest absolute Gasteiger partial charge is 0.341 e. The summed E-state index contributed by atoms with van der Waals surface area (Å²) in [7, 11) is 1.94. The van der Waals surface area contributed by atoms with Crippen molar-refractivity contribution in [3.63, 3.8) is 0 Å². The maximum atomic E-state index is 12.2. The van der Waals surface area contributed by atoms with Gasteiger partial charge in [0.05, 0.1) is 12.8 Å². The summed E-state index contributed by atoms with van der Waals surface area (Å²) in [5, 5.41) is 4.23. The molecule has 0 radical (unpaired) electrons. The molecule has 1 fully saturated rings. The van der Waals surface area contributed by atoms with Crippen molar-refractivity contribution in [3.05, 3.63) is 41.9 Å². The van der Waals surface area contributed by atoms with Gasteiger partial charge in [-0.25, -0.2) is 9.78 Å². The summed E-state index contributed by atoms with van der Waals surface area (Å²) in [4.78, 5) is 21.3. The van der Waals surface area contributed by atoms with Gasteiger partial charge in [-0.3, -0.25) is 9.58 Å². The second kappa shape index (κ2) is 8.11. The molecule has 134 valence electrons. The lowest BCUT2D eigenvalue weighted by Crippen LogP contribution is -2.32. The molecule has 3 heterocycles. The molecule has 1 aliphatic rings. The third kappa shape index (κ3) is 4.36. The van der Waals surface area contributed by atoms with Crippen LogP contribution in [0.3, 0.4) is 0 Å². The average Bonchev–Trinajstić information content (AvgIpc) is 2.88. The largest absolute Gasteiger partial charge is 0.462 e. The van der Waals surface area contributed by atoms with Crippen LogP contribution in [0.4, 0.5) is 5.82 Å². The van der Waals surface area contributed by atoms with Crippen molar-refractivity contribution in [2.24, 2.45) is 7.05 Å². The Balaban J connectivity index is 1.68. The molecule has 0 atom stereocenters. The van der Waals surface area contributed by atoms with Crippen molar-refractivity contribution in [3.8, 4) is 0 Å². The monoisotopic (exact) mass is 343 g/mol. The Labute approximate surface area is 148 Å². The van der Waals surface area contributed by atoms with Crippen molar-refractivity contribution in [2.45, 2.75) is 19.9 Å². The van der Waals surface area contributed by atoms with E-state index in [9.17, 15) is 4.79 Å². The number of aromatic nitrogens is 3. The highest BCUT2D eigenvalue weighted by Crippen LogP contribution is 2.20. The van der Waals surface area contributed by atoms with Gasteiger partial charge in [0.25, 0.3) is 0 Å². The lowest BCUT2D eigenvalue weighted by Gasteiger charge is -2.24. The van der Waals surface area contributed by atoms with Crippen LogP contribution in [-0.2, 0) is 18.3 Å². The third-order valence-electron chi connectivity index (χ3n) is 4.33. The molecule has 0 N–H and O–H groups in total. The number of carbonyl (C=O) groups is 1. The highest BCUT2D eigenvalue weighted by molar-refractivity contribution is 5.94. The van der Waals surface area contributed by atoms with Gasteiger partial charge in [0.2, 0.25) is 0 Å². The fourth-order valence-electron chi connectivity index (χ4n) is 3.17. The van der Waals surface area contributed by atoms with Gasteiger partial charge in [0.15, 0.2) is 0 Å². The van der Waals surface area contributed by atoms with Gasteiger partial charge < -0.3 is 9.64 Å². The molecule has 1 aliphatic heterocycles. The Bertz CT molecular complexity index is 715. The normalized spacial score (nSPS) is 15.8. The maximum absolute atomic E-state index is 12.2. The molecule has 7 heteroatoms. The number of nitrogens with zero attached hydrogens (tertiary/aromatic N) is 5. The van der Waals surface area contributed by atoms with Crippen molar-refractivity contribution >= 4 is 11.8 Å². The number of rotatable bonds is 5. The topological polar surface area (TPSA) is 63.5 Å². The Hall–Kier alpha value is -2.41. The molecule has 0 spiro atoms. The summed E-state index contributed by atoms with van der Waals surface area (Å²) < 4.78 is 7.00. The summed E-state index contributed by atoms with van der Waals surface area (Å²) in [5.41, 5.74) is 1.77. The van der Waals surface area contributed by atoms with Crippen LogP contribution >= 0.6 is 0 Å². The number of aryl methyl sites for hydroxylation is 1. The molecule has 0 amide bonds. The number of hydrogen-bond acceptors (Lipinski definition) is 6. The molecular formula is C18H25N5O2. The highest BCUT2D eigenvalue weighted by atomic mass is 16.5. The van der Waals surface area contributed by atoms with E-state index < -0.39 is 0 Å². The zero-order chi connectivity index (χ0) is 17.6. The molecule has 0 saturated carbocycles. The van der Waals surface area contributed by atoms with E-state index >= 15 is 0 Å². The van der Waals surface area contributed by atoms with Crippen LogP contribution in [0.5, 0.6) is 0 Å². The number of carbonyl (C=O) groups excluding carboxylic acids is 1. The van der Waals surface area contributed by atoms with E-state index in [-0.39, 0.29) is 5.97 Å². The van der Waals surface area contributed by atoms with E-state index in [1.807, 2.05) is 24.9 Å². The summed E-state index contributed by atoms with van der Waals surface area (Å²) in [6.45, 7) is 6.74. The van der Waals surface area contributed by atoms with Crippen molar-refractivity contribution in [1.29, 1.82) is 0 Å². The molecule has 1 saturated heterocycles. The van der Waals surface area contributed by atoms with E-state index in [0.29, 0.717) is 12.2 Å². The predicted octanol–water partition coefficient (Wildman–Crippen LogP) is 1.70. The van der Waals surface area contributed by atoms with Crippen molar-refractivity contribution in [1.82, 2.24) is 19.7 Å². The highest BCUT2D eigenvalue weighted by Gasteiger charge is 2.21. The lowest BCUT2D eigenvalue weighted by molar-refractivity contribution is 0.0526. The minimum atomic E-state index is -0.304. The summed E-state index contributed by atoms with van der Waals surface area (Å²) >= 11 is 0. The summed E-state index contributed by atoms with van der Waals surface area (Å²) in [6, 6.07) is 3.57. The SMILES string of the molecule is CCOC(=O)c1cccnc1N1CCCN(Cc2cnn(C)c2)CC1. The van der Waals surface area contributed by atoms with E-state index in [2.05, 4.69) is 26.1 Å². The van der Waals surface area contributed by atoms with Gasteiger partial charge >= 0.3 is 5.97 Å². The maximum Gasteiger partial charge on any atom is 0.341 e. The number of pyridine rings is 1. The fourth-order valence-corrected chi connectivity index (χ4v) is 3.17. The van der Waals surface area contributed by atoms with Gasteiger partial charge in [0, 0.05) is 57.7 Å². The van der Waals surface area contributed by atoms with Gasteiger partial charge in [-0.05, 0) is 25.5 Å². The van der Waals surface area contributed by atoms with E-state index in [4.69, 9.17) is 4.74 Å². The van der Waals surface area contributed by atoms with Crippen LogP contribution in [0.25, 0.3) is 0 Å². The van der Waals surface area contributed by atoms with Crippen LogP contribution in [0.15, 0.2) is 30.7 Å². The quantitative estimate of drug-likeness (QED) is 0.770. The second-order valence-corrected chi connectivity index (χ2v) is 6.23. The molecule has 0 unspecified atom stereocenters. The van der Waals surface area contributed by atoms with Gasteiger partial charge in [-0.2, -0.15) is 5.10 Å². The standard InChI is InChI=1S/C18H25N5O2/c1-3-25-18(24)16-6-4-7-19-17(16)23-9-5-8-22(10-11-23)14-15-12-20-21(2)13-15/h4,6-7,12-13H,3,5,8-11,14H2,1-2H3. The number of esters is 1. The van der Waals surface area contributed by atoms with Crippen LogP contribution in [0.2, 0.25) is 0 Å². The number of anilines is 1. The first-order valence-electron chi connectivity index (χ1n) is 8.74. The average molecular weight is 343 g/mol. The number of ether oxygens (including phenoxy) is 1. The van der Waals surface area contributed by atoms with Crippen LogP contribution < -0.4 is 4.90 Å². The fraction of sp³-hybridized carbons (Fsp3) is 0.500. The molecule has 7 nitrogen and oxygen atoms in total. The Kier molecular flexibility index (Phi) is 5.65. The zero-order valence-electron chi connectivity index (χ0n) is 14.9. The summed E-state index contributed by atoms with van der Waals surface area (Å²) in [6.07, 6.45) is 6.73. The minimum Gasteiger partial charge on any atom is -0.462 e. The Morgan fingerprint density at radius 3 is 2.92 bits per heavy atom. The second-order valence-electron chi connectivity index (χ2n) is 6.23. The molecule has 25 heavy (non-hydrogen) atoms. The molecular weight excluding hydrogens is 318 g/mol. The molecule has 0 bridgehead atoms. The van der Waals surface area contributed by atoms with Crippen LogP contribution in [-0.4, -0.2) is 58.4 Å². The zero-order valence-corrected chi connectivity index (χ0v) is 14.9. The van der Waals surface area contributed by atoms with Gasteiger partial charge in [-0.15, -0.1) is 0 Å². The van der Waals surface area contributed by atoms with E-state index in [1.165, 1.54) is 5.56 Å². The lowest BCUT2D eigenvalue weighted by atomic mass is 10.2. The Morgan fingerprint density at radius 2 is 2.16 bits per heavy atom. The molecule has 2 aromatic heterocycles. The van der Waals surface area contributed by atoms with Crippen molar-refractivity contribution < 1.29 is 9.53 Å². The molecule has 2 aromatic rings. The van der Waals surface area contributed by atoms with E-state index in [1.54, 1.807) is 18.3 Å². The minimum absolute atomic E-state index is 0.304. The first kappa shape index (κ1) is 17.4. The summed E-state index contributed by atoms with van der Waals surface area (Å²) in [5.74, 6) is 0.422. The van der Waals surface area contributed by atoms with E-state index in [0.717, 1.165) is 45.0 Å². The molecule has 3 rings (SSSR count). The van der Waals surface area contributed by atoms with Gasteiger partial charge in [-0.1, -0.05) is 0 Å². The first-order valence-corrected chi connectivity index (χ1v) is 8.74.